The molecule has 0 bridgehead atoms. The number of amides is 2. The number of rotatable bonds is 6. The summed E-state index contributed by atoms with van der Waals surface area (Å²) in [4.78, 5) is 24.6. The topological polar surface area (TPSA) is 95.1 Å². The maximum atomic E-state index is 12.5. The minimum atomic E-state index is -0.471. The lowest BCUT2D eigenvalue weighted by atomic mass is 10.1. The van der Waals surface area contributed by atoms with E-state index in [-0.39, 0.29) is 18.0 Å². The van der Waals surface area contributed by atoms with Crippen LogP contribution in [-0.4, -0.2) is 45.8 Å². The van der Waals surface area contributed by atoms with E-state index in [2.05, 4.69) is 10.6 Å². The predicted octanol–water partition coefficient (Wildman–Crippen LogP) is 1.84. The molecule has 2 aromatic rings. The van der Waals surface area contributed by atoms with Gasteiger partial charge in [-0.1, -0.05) is 6.07 Å². The summed E-state index contributed by atoms with van der Waals surface area (Å²) in [6.07, 6.45) is 0. The van der Waals surface area contributed by atoms with Crippen molar-refractivity contribution in [3.8, 4) is 23.0 Å². The van der Waals surface area contributed by atoms with E-state index in [9.17, 15) is 9.59 Å². The van der Waals surface area contributed by atoms with Gasteiger partial charge >= 0.3 is 0 Å². The highest BCUT2D eigenvalue weighted by atomic mass is 16.6. The number of hydrogen-bond acceptors (Lipinski definition) is 6. The number of fused-ring (bicyclic) bond motifs is 1. The average molecular weight is 372 g/mol. The predicted molar refractivity (Wildman–Crippen MR) is 97.9 cm³/mol. The number of carbonyl (C=O) groups excluding carboxylic acids is 2. The van der Waals surface area contributed by atoms with E-state index in [0.29, 0.717) is 41.9 Å². The van der Waals surface area contributed by atoms with Crippen LogP contribution in [0.25, 0.3) is 0 Å². The highest BCUT2D eigenvalue weighted by molar-refractivity contribution is 6.02. The molecule has 0 aromatic heterocycles. The fourth-order valence-corrected chi connectivity index (χ4v) is 2.65. The summed E-state index contributed by atoms with van der Waals surface area (Å²) in [7, 11) is 2.92. The third-order valence-electron chi connectivity index (χ3n) is 3.89. The lowest BCUT2D eigenvalue weighted by molar-refractivity contribution is -0.115. The van der Waals surface area contributed by atoms with Gasteiger partial charge in [0.05, 0.1) is 20.8 Å². The molecule has 8 nitrogen and oxygen atoms in total. The number of hydrogen-bond donors (Lipinski definition) is 2. The molecule has 0 spiro atoms. The van der Waals surface area contributed by atoms with Gasteiger partial charge in [-0.3, -0.25) is 9.59 Å². The molecule has 0 fully saturated rings. The molecule has 8 heteroatoms. The van der Waals surface area contributed by atoms with Gasteiger partial charge in [0.25, 0.3) is 5.91 Å². The lowest BCUT2D eigenvalue weighted by Crippen LogP contribution is -2.33. The molecule has 2 aromatic carbocycles. The van der Waals surface area contributed by atoms with E-state index in [1.165, 1.54) is 14.2 Å². The van der Waals surface area contributed by atoms with E-state index in [4.69, 9.17) is 18.9 Å². The standard InChI is InChI=1S/C19H20N2O6/c1-24-14-4-3-5-15(25-2)18(14)19(23)20-11-17(22)21-12-6-7-13-16(10-12)27-9-8-26-13/h3-7,10H,8-9,11H2,1-2H3,(H,20,23)(H,21,22). The Morgan fingerprint density at radius 3 is 2.33 bits per heavy atom. The van der Waals surface area contributed by atoms with Gasteiger partial charge in [0, 0.05) is 11.8 Å². The van der Waals surface area contributed by atoms with Crippen molar-refractivity contribution in [3.05, 3.63) is 42.0 Å². The molecule has 2 amide bonds. The smallest absolute Gasteiger partial charge is 0.259 e. The summed E-state index contributed by atoms with van der Waals surface area (Å²) in [5.41, 5.74) is 0.781. The van der Waals surface area contributed by atoms with Gasteiger partial charge < -0.3 is 29.6 Å². The van der Waals surface area contributed by atoms with Gasteiger partial charge in [-0.05, 0) is 24.3 Å². The van der Waals surface area contributed by atoms with E-state index in [0.717, 1.165) is 0 Å². The maximum absolute atomic E-state index is 12.5. The molecule has 0 saturated carbocycles. The van der Waals surface area contributed by atoms with Gasteiger partial charge in [-0.25, -0.2) is 0 Å². The van der Waals surface area contributed by atoms with Crippen LogP contribution in [0, 0.1) is 0 Å². The number of benzene rings is 2. The van der Waals surface area contributed by atoms with Crippen LogP contribution in [0.1, 0.15) is 10.4 Å². The summed E-state index contributed by atoms with van der Waals surface area (Å²) in [5.74, 6) is 1.08. The van der Waals surface area contributed by atoms with Crippen LogP contribution in [0.3, 0.4) is 0 Å². The fourth-order valence-electron chi connectivity index (χ4n) is 2.65. The maximum Gasteiger partial charge on any atom is 0.259 e. The van der Waals surface area contributed by atoms with E-state index >= 15 is 0 Å². The largest absolute Gasteiger partial charge is 0.496 e. The summed E-state index contributed by atoms with van der Waals surface area (Å²) >= 11 is 0. The highest BCUT2D eigenvalue weighted by Crippen LogP contribution is 2.32. The van der Waals surface area contributed by atoms with Crippen LogP contribution in [0.5, 0.6) is 23.0 Å². The molecule has 3 rings (SSSR count). The summed E-state index contributed by atoms with van der Waals surface area (Å²) in [6.45, 7) is 0.743. The van der Waals surface area contributed by atoms with E-state index < -0.39 is 5.91 Å². The molecule has 142 valence electrons. The second kappa shape index (κ2) is 8.31. The third kappa shape index (κ3) is 4.22. The summed E-state index contributed by atoms with van der Waals surface area (Å²) in [5, 5.41) is 5.27. The van der Waals surface area contributed by atoms with Crippen LogP contribution < -0.4 is 29.6 Å². The lowest BCUT2D eigenvalue weighted by Gasteiger charge is -2.19. The third-order valence-corrected chi connectivity index (χ3v) is 3.89. The Morgan fingerprint density at radius 2 is 1.67 bits per heavy atom. The monoisotopic (exact) mass is 372 g/mol. The van der Waals surface area contributed by atoms with Crippen molar-refractivity contribution >= 4 is 17.5 Å². The van der Waals surface area contributed by atoms with Crippen LogP contribution in [0.15, 0.2) is 36.4 Å². The Labute approximate surface area is 156 Å². The molecule has 27 heavy (non-hydrogen) atoms. The van der Waals surface area contributed by atoms with Gasteiger partial charge in [0.15, 0.2) is 11.5 Å². The zero-order valence-electron chi connectivity index (χ0n) is 15.0. The van der Waals surface area contributed by atoms with Gasteiger partial charge in [0.1, 0.15) is 30.3 Å². The van der Waals surface area contributed by atoms with Crippen molar-refractivity contribution in [2.45, 2.75) is 0 Å². The SMILES string of the molecule is COc1cccc(OC)c1C(=O)NCC(=O)Nc1ccc2c(c1)OCCO2. The minimum absolute atomic E-state index is 0.214. The Balaban J connectivity index is 1.62. The molecule has 0 atom stereocenters. The normalized spacial score (nSPS) is 12.1. The molecule has 0 saturated heterocycles. The molecular weight excluding hydrogens is 352 g/mol. The number of ether oxygens (including phenoxy) is 4. The Bertz CT molecular complexity index is 830. The Morgan fingerprint density at radius 1 is 1.00 bits per heavy atom. The van der Waals surface area contributed by atoms with E-state index in [1.54, 1.807) is 36.4 Å². The molecule has 1 aliphatic rings. The summed E-state index contributed by atoms with van der Waals surface area (Å²) < 4.78 is 21.3. The fraction of sp³-hybridized carbons (Fsp3) is 0.263. The molecule has 0 aliphatic carbocycles. The van der Waals surface area contributed by atoms with Crippen molar-refractivity contribution in [2.75, 3.05) is 39.3 Å². The van der Waals surface area contributed by atoms with Gasteiger partial charge in [-0.2, -0.15) is 0 Å². The average Bonchev–Trinajstić information content (AvgIpc) is 2.71. The van der Waals surface area contributed by atoms with Crippen molar-refractivity contribution < 1.29 is 28.5 Å². The first-order valence-electron chi connectivity index (χ1n) is 8.31. The zero-order chi connectivity index (χ0) is 19.2. The van der Waals surface area contributed by atoms with Crippen LogP contribution in [0.2, 0.25) is 0 Å². The van der Waals surface area contributed by atoms with Crippen LogP contribution in [-0.2, 0) is 4.79 Å². The van der Waals surface area contributed by atoms with Crippen molar-refractivity contribution in [1.29, 1.82) is 0 Å². The first kappa shape index (κ1) is 18.4. The quantitative estimate of drug-likeness (QED) is 0.804. The number of nitrogens with one attached hydrogen (secondary N) is 2. The molecule has 0 unspecified atom stereocenters. The summed E-state index contributed by atoms with van der Waals surface area (Å²) in [6, 6.07) is 10.1. The Kier molecular flexibility index (Phi) is 5.65. The molecule has 1 aliphatic heterocycles. The second-order valence-corrected chi connectivity index (χ2v) is 5.63. The van der Waals surface area contributed by atoms with E-state index in [1.807, 2.05) is 0 Å². The number of carbonyl (C=O) groups is 2. The van der Waals surface area contributed by atoms with Gasteiger partial charge in [-0.15, -0.1) is 0 Å². The zero-order valence-corrected chi connectivity index (χ0v) is 15.0. The van der Waals surface area contributed by atoms with Crippen molar-refractivity contribution in [1.82, 2.24) is 5.32 Å². The van der Waals surface area contributed by atoms with Gasteiger partial charge in [0.2, 0.25) is 5.91 Å². The van der Waals surface area contributed by atoms with Crippen LogP contribution in [0.4, 0.5) is 5.69 Å². The first-order valence-corrected chi connectivity index (χ1v) is 8.31. The molecular formula is C19H20N2O6. The molecule has 1 heterocycles. The van der Waals surface area contributed by atoms with Crippen molar-refractivity contribution in [2.24, 2.45) is 0 Å². The minimum Gasteiger partial charge on any atom is -0.496 e. The highest BCUT2D eigenvalue weighted by Gasteiger charge is 2.19. The number of anilines is 1. The molecule has 2 N–H and O–H groups in total. The second-order valence-electron chi connectivity index (χ2n) is 5.63. The van der Waals surface area contributed by atoms with Crippen LogP contribution >= 0.6 is 0 Å². The Hall–Kier alpha value is -3.42. The number of methoxy groups -OCH3 is 2. The van der Waals surface area contributed by atoms with Crippen molar-refractivity contribution in [3.63, 3.8) is 0 Å². The first-order chi connectivity index (χ1) is 13.1. The molecule has 0 radical (unpaired) electrons.